The van der Waals surface area contributed by atoms with E-state index in [2.05, 4.69) is 0 Å². The molecule has 1 fully saturated rings. The van der Waals surface area contributed by atoms with Crippen LogP contribution >= 0.6 is 0 Å². The van der Waals surface area contributed by atoms with Gasteiger partial charge in [0.15, 0.2) is 0 Å². The highest BCUT2D eigenvalue weighted by molar-refractivity contribution is 7.89. The third-order valence-electron chi connectivity index (χ3n) is 4.64. The van der Waals surface area contributed by atoms with E-state index in [0.717, 1.165) is 6.07 Å². The second-order valence-corrected chi connectivity index (χ2v) is 8.25. The Kier molecular flexibility index (Phi) is 7.33. The molecule has 1 aromatic rings. The molecule has 2 rings (SSSR count). The van der Waals surface area contributed by atoms with E-state index in [-0.39, 0.29) is 55.0 Å². The normalized spacial score (nSPS) is 15.2. The maximum atomic E-state index is 13.1. The molecule has 11 heteroatoms. The van der Waals surface area contributed by atoms with Crippen molar-refractivity contribution in [1.29, 1.82) is 0 Å². The van der Waals surface area contributed by atoms with E-state index in [1.165, 1.54) is 21.3 Å². The van der Waals surface area contributed by atoms with Gasteiger partial charge in [0.2, 0.25) is 15.9 Å². The molecule has 0 aliphatic carbocycles. The Morgan fingerprint density at radius 2 is 1.86 bits per heavy atom. The fraction of sp³-hybridized carbons (Fsp3) is 0.588. The summed E-state index contributed by atoms with van der Waals surface area (Å²) in [5.74, 6) is -0.152. The molecule has 0 aromatic heterocycles. The van der Waals surface area contributed by atoms with Crippen molar-refractivity contribution in [3.05, 3.63) is 28.3 Å². The number of rotatable bonds is 8. The third-order valence-corrected chi connectivity index (χ3v) is 6.57. The lowest BCUT2D eigenvalue weighted by Gasteiger charge is -2.29. The number of carbonyl (C=O) groups is 1. The van der Waals surface area contributed by atoms with Gasteiger partial charge >= 0.3 is 0 Å². The van der Waals surface area contributed by atoms with Crippen LogP contribution in [0.2, 0.25) is 0 Å². The smallest absolute Gasteiger partial charge is 0.270 e. The maximum absolute atomic E-state index is 13.1. The molecule has 1 amide bonds. The maximum Gasteiger partial charge on any atom is 0.270 e. The lowest BCUT2D eigenvalue weighted by molar-refractivity contribution is -0.385. The first-order chi connectivity index (χ1) is 13.2. The zero-order valence-electron chi connectivity index (χ0n) is 16.3. The number of amides is 1. The van der Waals surface area contributed by atoms with Crippen molar-refractivity contribution in [2.75, 3.05) is 57.9 Å². The molecule has 0 bridgehead atoms. The summed E-state index contributed by atoms with van der Waals surface area (Å²) in [6, 6.07) is 3.67. The van der Waals surface area contributed by atoms with Gasteiger partial charge in [0.05, 0.1) is 30.4 Å². The van der Waals surface area contributed by atoms with E-state index < -0.39 is 14.9 Å². The Morgan fingerprint density at radius 1 is 1.25 bits per heavy atom. The number of hydrogen-bond donors (Lipinski definition) is 0. The Hall–Kier alpha value is -2.24. The third kappa shape index (κ3) is 4.78. The van der Waals surface area contributed by atoms with Crippen molar-refractivity contribution in [2.24, 2.45) is 0 Å². The molecule has 10 nitrogen and oxygen atoms in total. The van der Waals surface area contributed by atoms with Gasteiger partial charge in [0, 0.05) is 45.4 Å². The van der Waals surface area contributed by atoms with Gasteiger partial charge in [-0.2, -0.15) is 4.31 Å². The van der Waals surface area contributed by atoms with Crippen molar-refractivity contribution < 1.29 is 22.9 Å². The van der Waals surface area contributed by atoms with Crippen LogP contribution in [0.5, 0.6) is 0 Å². The molecule has 0 saturated carbocycles. The molecule has 0 radical (unpaired) electrons. The SMILES string of the molecule is CCN(CC)C(=O)CN(C)c1ccc([N+](=O)[O-])cc1S(=O)(=O)N1CCOCC1. The first-order valence-corrected chi connectivity index (χ1v) is 10.5. The largest absolute Gasteiger partial charge is 0.379 e. The summed E-state index contributed by atoms with van der Waals surface area (Å²) in [7, 11) is -2.38. The minimum atomic E-state index is -3.98. The number of likely N-dealkylation sites (N-methyl/N-ethyl adjacent to an activating group) is 2. The Labute approximate surface area is 164 Å². The molecule has 156 valence electrons. The standard InChI is InChI=1S/C17H26N4O6S/c1-4-19(5-2)17(22)13-18(3)15-7-6-14(21(23)24)12-16(15)28(25,26)20-8-10-27-11-9-20/h6-7,12H,4-5,8-11,13H2,1-3H3. The summed E-state index contributed by atoms with van der Waals surface area (Å²) in [6.07, 6.45) is 0. The van der Waals surface area contributed by atoms with Gasteiger partial charge in [-0.15, -0.1) is 0 Å². The van der Waals surface area contributed by atoms with Crippen molar-refractivity contribution in [1.82, 2.24) is 9.21 Å². The highest BCUT2D eigenvalue weighted by Gasteiger charge is 2.31. The van der Waals surface area contributed by atoms with Gasteiger partial charge in [0.1, 0.15) is 4.90 Å². The number of morpholine rings is 1. The zero-order chi connectivity index (χ0) is 20.9. The summed E-state index contributed by atoms with van der Waals surface area (Å²) in [5.41, 5.74) is -0.0725. The van der Waals surface area contributed by atoms with E-state index in [9.17, 15) is 23.3 Å². The van der Waals surface area contributed by atoms with E-state index in [1.807, 2.05) is 13.8 Å². The summed E-state index contributed by atoms with van der Waals surface area (Å²) < 4.78 is 32.7. The average molecular weight is 414 g/mol. The summed E-state index contributed by atoms with van der Waals surface area (Å²) in [4.78, 5) is 25.9. The minimum Gasteiger partial charge on any atom is -0.379 e. The predicted octanol–water partition coefficient (Wildman–Crippen LogP) is 0.920. The monoisotopic (exact) mass is 414 g/mol. The highest BCUT2D eigenvalue weighted by atomic mass is 32.2. The van der Waals surface area contributed by atoms with Crippen LogP contribution in [-0.4, -0.2) is 81.4 Å². The van der Waals surface area contributed by atoms with E-state index in [4.69, 9.17) is 4.74 Å². The van der Waals surface area contributed by atoms with Crippen LogP contribution < -0.4 is 4.90 Å². The van der Waals surface area contributed by atoms with Crippen LogP contribution in [0.4, 0.5) is 11.4 Å². The summed E-state index contributed by atoms with van der Waals surface area (Å²) in [5, 5.41) is 11.2. The lowest BCUT2D eigenvalue weighted by Crippen LogP contribution is -2.42. The van der Waals surface area contributed by atoms with E-state index in [0.29, 0.717) is 13.1 Å². The van der Waals surface area contributed by atoms with Crippen molar-refractivity contribution in [3.8, 4) is 0 Å². The van der Waals surface area contributed by atoms with Crippen molar-refractivity contribution in [3.63, 3.8) is 0 Å². The van der Waals surface area contributed by atoms with Crippen LogP contribution in [0.1, 0.15) is 13.8 Å². The summed E-state index contributed by atoms with van der Waals surface area (Å²) >= 11 is 0. The first kappa shape index (κ1) is 22.1. The van der Waals surface area contributed by atoms with Crippen LogP contribution in [-0.2, 0) is 19.6 Å². The first-order valence-electron chi connectivity index (χ1n) is 9.07. The van der Waals surface area contributed by atoms with Crippen LogP contribution in [0.15, 0.2) is 23.1 Å². The molecule has 1 aliphatic rings. The molecule has 0 N–H and O–H groups in total. The number of non-ortho nitro benzene ring substituents is 1. The van der Waals surface area contributed by atoms with Crippen LogP contribution in [0.25, 0.3) is 0 Å². The number of nitrogens with zero attached hydrogens (tertiary/aromatic N) is 4. The zero-order valence-corrected chi connectivity index (χ0v) is 17.1. The van der Waals surface area contributed by atoms with Gasteiger partial charge in [-0.25, -0.2) is 8.42 Å². The lowest BCUT2D eigenvalue weighted by atomic mass is 10.2. The molecule has 1 heterocycles. The number of nitro groups is 1. The Bertz CT molecular complexity index is 819. The Balaban J connectivity index is 2.43. The molecule has 0 spiro atoms. The number of nitro benzene ring substituents is 1. The fourth-order valence-electron chi connectivity index (χ4n) is 3.03. The number of sulfonamides is 1. The molecule has 28 heavy (non-hydrogen) atoms. The van der Waals surface area contributed by atoms with Crippen molar-refractivity contribution >= 4 is 27.3 Å². The second-order valence-electron chi connectivity index (χ2n) is 6.35. The van der Waals surface area contributed by atoms with Gasteiger partial charge in [-0.3, -0.25) is 14.9 Å². The molecule has 1 aliphatic heterocycles. The number of anilines is 1. The van der Waals surface area contributed by atoms with Gasteiger partial charge in [0.25, 0.3) is 5.69 Å². The number of carbonyl (C=O) groups excluding carboxylic acids is 1. The molecule has 0 unspecified atom stereocenters. The Morgan fingerprint density at radius 3 is 2.39 bits per heavy atom. The highest BCUT2D eigenvalue weighted by Crippen LogP contribution is 2.31. The minimum absolute atomic E-state index is 0.0366. The molecular weight excluding hydrogens is 388 g/mol. The quantitative estimate of drug-likeness (QED) is 0.459. The average Bonchev–Trinajstić information content (AvgIpc) is 2.69. The molecule has 1 aromatic carbocycles. The fourth-order valence-corrected chi connectivity index (χ4v) is 4.69. The van der Waals surface area contributed by atoms with Crippen LogP contribution in [0.3, 0.4) is 0 Å². The molecular formula is C17H26N4O6S. The summed E-state index contributed by atoms with van der Waals surface area (Å²) in [6.45, 7) is 5.65. The molecule has 1 saturated heterocycles. The van der Waals surface area contributed by atoms with E-state index >= 15 is 0 Å². The van der Waals surface area contributed by atoms with Gasteiger partial charge < -0.3 is 14.5 Å². The van der Waals surface area contributed by atoms with E-state index in [1.54, 1.807) is 11.9 Å². The number of benzene rings is 1. The predicted molar refractivity (Wildman–Crippen MR) is 104 cm³/mol. The van der Waals surface area contributed by atoms with Crippen LogP contribution in [0, 0.1) is 10.1 Å². The van der Waals surface area contributed by atoms with Crippen molar-refractivity contribution in [2.45, 2.75) is 18.7 Å². The molecule has 0 atom stereocenters. The van der Waals surface area contributed by atoms with Gasteiger partial charge in [-0.1, -0.05) is 0 Å². The number of ether oxygens (including phenoxy) is 1. The number of hydrogen-bond acceptors (Lipinski definition) is 7. The second kappa shape index (κ2) is 9.30. The topological polar surface area (TPSA) is 113 Å². The van der Waals surface area contributed by atoms with Gasteiger partial charge in [-0.05, 0) is 19.9 Å².